The molecule has 2 rings (SSSR count). The minimum absolute atomic E-state index is 0.0505. The molecule has 115 valence electrons. The lowest BCUT2D eigenvalue weighted by Crippen LogP contribution is -2.05. The highest BCUT2D eigenvalue weighted by Gasteiger charge is 2.30. The Kier molecular flexibility index (Phi) is 4.75. The summed E-state index contributed by atoms with van der Waals surface area (Å²) in [6, 6.07) is 7.87. The zero-order valence-corrected chi connectivity index (χ0v) is 11.0. The third-order valence-corrected chi connectivity index (χ3v) is 2.68. The maximum Gasteiger partial charge on any atom is 0.416 e. The van der Waals surface area contributed by atoms with Crippen LogP contribution in [0.4, 0.5) is 22.0 Å². The number of hydrogen-bond acceptors (Lipinski definition) is 2. The van der Waals surface area contributed by atoms with E-state index in [1.165, 1.54) is 24.3 Å². The largest absolute Gasteiger partial charge is 0.416 e. The number of alkyl halides is 3. The summed E-state index contributed by atoms with van der Waals surface area (Å²) < 4.78 is 63.7. The Morgan fingerprint density at radius 1 is 1.05 bits per heavy atom. The van der Waals surface area contributed by atoms with Gasteiger partial charge in [-0.05, 0) is 18.2 Å². The van der Waals surface area contributed by atoms with E-state index < -0.39 is 23.4 Å². The fourth-order valence-electron chi connectivity index (χ4n) is 1.61. The first-order chi connectivity index (χ1) is 10.4. The molecule has 0 N–H and O–H groups in total. The van der Waals surface area contributed by atoms with Crippen LogP contribution in [0.5, 0.6) is 0 Å². The Bertz CT molecular complexity index is 682. The molecular weight excluding hydrogens is 305 g/mol. The van der Waals surface area contributed by atoms with E-state index in [0.29, 0.717) is 0 Å². The fourth-order valence-corrected chi connectivity index (χ4v) is 1.61. The van der Waals surface area contributed by atoms with Crippen molar-refractivity contribution < 1.29 is 26.8 Å². The van der Waals surface area contributed by atoms with Gasteiger partial charge in [0.2, 0.25) is 0 Å². The van der Waals surface area contributed by atoms with Gasteiger partial charge in [0.15, 0.2) is 11.6 Å². The van der Waals surface area contributed by atoms with Crippen molar-refractivity contribution in [2.75, 3.05) is 0 Å². The van der Waals surface area contributed by atoms with Crippen molar-refractivity contribution in [1.82, 2.24) is 0 Å². The predicted molar refractivity (Wildman–Crippen MR) is 69.1 cm³/mol. The average molecular weight is 314 g/mol. The highest BCUT2D eigenvalue weighted by atomic mass is 19.4. The van der Waals surface area contributed by atoms with Crippen LogP contribution in [-0.2, 0) is 17.6 Å². The zero-order valence-electron chi connectivity index (χ0n) is 11.0. The van der Waals surface area contributed by atoms with E-state index in [4.69, 9.17) is 4.84 Å². The lowest BCUT2D eigenvalue weighted by molar-refractivity contribution is -0.137. The van der Waals surface area contributed by atoms with Gasteiger partial charge in [-0.3, -0.25) is 0 Å². The van der Waals surface area contributed by atoms with Crippen molar-refractivity contribution in [3.05, 3.63) is 70.8 Å². The zero-order chi connectivity index (χ0) is 16.2. The highest BCUT2D eigenvalue weighted by Crippen LogP contribution is 2.29. The summed E-state index contributed by atoms with van der Waals surface area (Å²) in [5, 5.41) is 3.32. The topological polar surface area (TPSA) is 21.6 Å². The molecular formula is C15H9F5NO. The van der Waals surface area contributed by atoms with Gasteiger partial charge >= 0.3 is 6.18 Å². The molecule has 0 saturated carbocycles. The lowest BCUT2D eigenvalue weighted by atomic mass is 10.1. The molecule has 0 fully saturated rings. The van der Waals surface area contributed by atoms with Crippen molar-refractivity contribution in [3.63, 3.8) is 0 Å². The first kappa shape index (κ1) is 15.9. The number of rotatable bonds is 4. The smallest absolute Gasteiger partial charge is 0.390 e. The summed E-state index contributed by atoms with van der Waals surface area (Å²) in [6.07, 6.45) is -2.22. The van der Waals surface area contributed by atoms with E-state index in [1.807, 2.05) is 0 Å². The molecule has 0 amide bonds. The van der Waals surface area contributed by atoms with Crippen LogP contribution in [0.1, 0.15) is 16.7 Å². The van der Waals surface area contributed by atoms with Gasteiger partial charge in [0.25, 0.3) is 0 Å². The van der Waals surface area contributed by atoms with Gasteiger partial charge in [-0.25, -0.2) is 8.78 Å². The van der Waals surface area contributed by atoms with Crippen LogP contribution in [0.2, 0.25) is 0 Å². The third-order valence-electron chi connectivity index (χ3n) is 2.68. The number of hydrogen-bond donors (Lipinski definition) is 0. The maximum atomic E-state index is 13.3. The predicted octanol–water partition coefficient (Wildman–Crippen LogP) is 4.41. The molecule has 2 nitrogen and oxygen atoms in total. The molecule has 0 spiro atoms. The molecule has 0 aliphatic rings. The first-order valence-corrected chi connectivity index (χ1v) is 6.06. The second kappa shape index (κ2) is 6.55. The summed E-state index contributed by atoms with van der Waals surface area (Å²) >= 11 is 0. The molecule has 22 heavy (non-hydrogen) atoms. The van der Waals surface area contributed by atoms with Crippen molar-refractivity contribution in [2.24, 2.45) is 5.16 Å². The standard InChI is InChI=1S/C15H9F5NO/c16-13-6-2-4-11(14(13)17)9-22-21-8-10-3-1-5-12(7-10)15(18,19)20/h1-7H,9H2. The summed E-state index contributed by atoms with van der Waals surface area (Å²) in [5.74, 6) is -2.08. The Morgan fingerprint density at radius 2 is 1.77 bits per heavy atom. The van der Waals surface area contributed by atoms with E-state index in [1.54, 1.807) is 0 Å². The lowest BCUT2D eigenvalue weighted by Gasteiger charge is -2.06. The molecule has 0 aromatic heterocycles. The van der Waals surface area contributed by atoms with Crippen LogP contribution < -0.4 is 0 Å². The second-order valence-electron chi connectivity index (χ2n) is 4.27. The summed E-state index contributed by atoms with van der Waals surface area (Å²) in [6.45, 7) is -0.366. The molecule has 0 aliphatic heterocycles. The fraction of sp³-hybridized carbons (Fsp3) is 0.133. The molecule has 0 atom stereocenters. The number of nitrogens with zero attached hydrogens (tertiary/aromatic N) is 1. The highest BCUT2D eigenvalue weighted by molar-refractivity contribution is 5.79. The molecule has 0 aliphatic carbocycles. The number of benzene rings is 2. The van der Waals surface area contributed by atoms with E-state index in [0.717, 1.165) is 18.2 Å². The van der Waals surface area contributed by atoms with Crippen molar-refractivity contribution >= 4 is 6.21 Å². The molecule has 2 aromatic rings. The van der Waals surface area contributed by atoms with Gasteiger partial charge in [-0.1, -0.05) is 29.4 Å². The van der Waals surface area contributed by atoms with Crippen LogP contribution in [-0.4, -0.2) is 6.21 Å². The van der Waals surface area contributed by atoms with Crippen LogP contribution in [0.15, 0.2) is 47.6 Å². The van der Waals surface area contributed by atoms with E-state index in [9.17, 15) is 22.0 Å². The molecule has 0 heterocycles. The Morgan fingerprint density at radius 3 is 2.50 bits per heavy atom. The van der Waals surface area contributed by atoms with Crippen LogP contribution in [0.25, 0.3) is 0 Å². The van der Waals surface area contributed by atoms with E-state index in [2.05, 4.69) is 11.4 Å². The second-order valence-corrected chi connectivity index (χ2v) is 4.27. The molecule has 2 aromatic carbocycles. The SMILES string of the molecule is Fc1cccc(CO/N=[C]\c2cccc(C(F)(F)F)c2)c1F. The Labute approximate surface area is 122 Å². The molecule has 1 radical (unpaired) electrons. The normalized spacial score (nSPS) is 11.9. The van der Waals surface area contributed by atoms with Crippen molar-refractivity contribution in [3.8, 4) is 0 Å². The maximum absolute atomic E-state index is 13.3. The van der Waals surface area contributed by atoms with Crippen LogP contribution in [0.3, 0.4) is 0 Å². The van der Waals surface area contributed by atoms with Gasteiger partial charge < -0.3 is 4.84 Å². The van der Waals surface area contributed by atoms with E-state index in [-0.39, 0.29) is 17.7 Å². The van der Waals surface area contributed by atoms with Gasteiger partial charge in [-0.2, -0.15) is 13.2 Å². The van der Waals surface area contributed by atoms with Gasteiger partial charge in [0.1, 0.15) is 12.8 Å². The molecule has 0 unspecified atom stereocenters. The summed E-state index contributed by atoms with van der Waals surface area (Å²) in [7, 11) is 0. The Hall–Kier alpha value is -2.44. The third kappa shape index (κ3) is 4.03. The van der Waals surface area contributed by atoms with Crippen LogP contribution >= 0.6 is 0 Å². The van der Waals surface area contributed by atoms with Crippen molar-refractivity contribution in [1.29, 1.82) is 0 Å². The van der Waals surface area contributed by atoms with E-state index >= 15 is 0 Å². The van der Waals surface area contributed by atoms with Crippen LogP contribution in [0, 0.1) is 11.6 Å². The van der Waals surface area contributed by atoms with Gasteiger partial charge in [0.05, 0.1) is 5.56 Å². The summed E-state index contributed by atoms with van der Waals surface area (Å²) in [4.78, 5) is 4.71. The molecule has 7 heteroatoms. The van der Waals surface area contributed by atoms with Gasteiger partial charge in [0, 0.05) is 11.1 Å². The number of halogens is 5. The molecule has 0 saturated heterocycles. The Balaban J connectivity index is 2.00. The molecule has 0 bridgehead atoms. The quantitative estimate of drug-likeness (QED) is 0.465. The average Bonchev–Trinajstić information content (AvgIpc) is 2.47. The van der Waals surface area contributed by atoms with Gasteiger partial charge in [-0.15, -0.1) is 0 Å². The first-order valence-electron chi connectivity index (χ1n) is 6.06. The van der Waals surface area contributed by atoms with Crippen molar-refractivity contribution in [2.45, 2.75) is 12.8 Å². The minimum atomic E-state index is -4.47. The minimum Gasteiger partial charge on any atom is -0.390 e. The monoisotopic (exact) mass is 314 g/mol. The summed E-state index contributed by atoms with van der Waals surface area (Å²) in [5.41, 5.74) is -0.854.